The molecule has 1 aliphatic rings. The van der Waals surface area contributed by atoms with Crippen LogP contribution < -0.4 is 10.9 Å². The molecule has 3 N–H and O–H groups in total. The third-order valence-electron chi connectivity index (χ3n) is 5.24. The number of pyridine rings is 1. The molecule has 0 atom stereocenters. The second kappa shape index (κ2) is 6.14. The van der Waals surface area contributed by atoms with Crippen molar-refractivity contribution < 1.29 is 9.90 Å². The Labute approximate surface area is 150 Å². The zero-order chi connectivity index (χ0) is 18.4. The number of aryl methyl sites for hydroxylation is 3. The van der Waals surface area contributed by atoms with Gasteiger partial charge in [-0.05, 0) is 61.7 Å². The molecule has 4 rings (SSSR count). The van der Waals surface area contributed by atoms with Crippen LogP contribution in [0.2, 0.25) is 0 Å². The average Bonchev–Trinajstić information content (AvgIpc) is 2.80. The lowest BCUT2D eigenvalue weighted by molar-refractivity contribution is 0.0695. The van der Waals surface area contributed by atoms with Crippen molar-refractivity contribution in [2.45, 2.75) is 25.8 Å². The maximum Gasteiger partial charge on any atom is 0.341 e. The average molecular weight is 351 g/mol. The molecule has 6 nitrogen and oxygen atoms in total. The van der Waals surface area contributed by atoms with Crippen LogP contribution in [0.4, 0.5) is 0 Å². The first kappa shape index (κ1) is 16.6. The molecule has 1 aliphatic carbocycles. The number of nitrogens with zero attached hydrogens (tertiary/aromatic N) is 1. The summed E-state index contributed by atoms with van der Waals surface area (Å²) in [6.07, 6.45) is 2.57. The van der Waals surface area contributed by atoms with E-state index in [2.05, 4.69) is 40.1 Å². The number of carbonyl (C=O) groups is 1. The molecular weight excluding hydrogens is 330 g/mol. The van der Waals surface area contributed by atoms with Gasteiger partial charge in [0, 0.05) is 35.8 Å². The van der Waals surface area contributed by atoms with E-state index in [4.69, 9.17) is 0 Å². The lowest BCUT2D eigenvalue weighted by Crippen LogP contribution is -2.19. The monoisotopic (exact) mass is 351 g/mol. The van der Waals surface area contributed by atoms with Crippen LogP contribution in [0.5, 0.6) is 0 Å². The summed E-state index contributed by atoms with van der Waals surface area (Å²) in [6.45, 7) is 0.783. The Kier molecular flexibility index (Phi) is 3.92. The number of H-pyrrole nitrogens is 1. The third kappa shape index (κ3) is 2.54. The van der Waals surface area contributed by atoms with Gasteiger partial charge in [-0.15, -0.1) is 0 Å². The van der Waals surface area contributed by atoms with Crippen molar-refractivity contribution >= 4 is 16.9 Å². The number of nitrogens with one attached hydrogen (secondary N) is 2. The van der Waals surface area contributed by atoms with Crippen LogP contribution in [0.1, 0.15) is 33.6 Å². The SMILES string of the molecule is CNCc1cc2cc3c(cc2n1C)CCCc1cc(C(=O)O)c(=O)[nH]c1-3. The van der Waals surface area contributed by atoms with E-state index < -0.39 is 11.5 Å². The van der Waals surface area contributed by atoms with Gasteiger partial charge in [-0.25, -0.2) is 4.79 Å². The summed E-state index contributed by atoms with van der Waals surface area (Å²) in [5, 5.41) is 13.5. The van der Waals surface area contributed by atoms with Gasteiger partial charge in [0.1, 0.15) is 5.56 Å². The predicted molar refractivity (Wildman–Crippen MR) is 101 cm³/mol. The summed E-state index contributed by atoms with van der Waals surface area (Å²) >= 11 is 0. The number of carboxylic acid groups (broad SMARTS) is 1. The van der Waals surface area contributed by atoms with E-state index in [9.17, 15) is 14.7 Å². The molecule has 2 aromatic heterocycles. The Hall–Kier alpha value is -2.86. The van der Waals surface area contributed by atoms with Gasteiger partial charge in [0.15, 0.2) is 0 Å². The molecule has 6 heteroatoms. The Balaban J connectivity index is 1.96. The smallest absolute Gasteiger partial charge is 0.341 e. The van der Waals surface area contributed by atoms with Crippen LogP contribution in [-0.2, 0) is 26.4 Å². The highest BCUT2D eigenvalue weighted by molar-refractivity contribution is 5.90. The van der Waals surface area contributed by atoms with E-state index in [1.165, 1.54) is 22.8 Å². The minimum absolute atomic E-state index is 0.190. The number of aromatic nitrogens is 2. The highest BCUT2D eigenvalue weighted by atomic mass is 16.4. The Morgan fingerprint density at radius 2 is 2.00 bits per heavy atom. The zero-order valence-electron chi connectivity index (χ0n) is 14.8. The number of rotatable bonds is 3. The van der Waals surface area contributed by atoms with Gasteiger partial charge < -0.3 is 20.0 Å². The zero-order valence-corrected chi connectivity index (χ0v) is 14.8. The molecule has 134 valence electrons. The van der Waals surface area contributed by atoms with Crippen molar-refractivity contribution in [2.75, 3.05) is 7.05 Å². The molecule has 0 aliphatic heterocycles. The van der Waals surface area contributed by atoms with Crippen LogP contribution in [0.25, 0.3) is 22.2 Å². The van der Waals surface area contributed by atoms with E-state index in [0.29, 0.717) is 0 Å². The molecule has 26 heavy (non-hydrogen) atoms. The summed E-state index contributed by atoms with van der Waals surface area (Å²) in [7, 11) is 3.99. The number of carboxylic acids is 1. The van der Waals surface area contributed by atoms with Crippen LogP contribution in [-0.4, -0.2) is 27.7 Å². The number of hydrogen-bond acceptors (Lipinski definition) is 3. The lowest BCUT2D eigenvalue weighted by atomic mass is 9.99. The molecule has 1 aromatic carbocycles. The Morgan fingerprint density at radius 3 is 2.73 bits per heavy atom. The number of aromatic carboxylic acids is 1. The van der Waals surface area contributed by atoms with Gasteiger partial charge in [0.05, 0.1) is 5.69 Å². The predicted octanol–water partition coefficient (Wildman–Crippen LogP) is 2.44. The van der Waals surface area contributed by atoms with Gasteiger partial charge in [0.25, 0.3) is 5.56 Å². The van der Waals surface area contributed by atoms with Crippen molar-refractivity contribution in [1.29, 1.82) is 0 Å². The molecule has 0 fully saturated rings. The second-order valence-corrected chi connectivity index (χ2v) is 6.86. The maximum absolute atomic E-state index is 12.2. The van der Waals surface area contributed by atoms with Crippen LogP contribution in [0, 0.1) is 0 Å². The van der Waals surface area contributed by atoms with E-state index in [1.807, 2.05) is 7.05 Å². The molecular formula is C20H21N3O3. The first-order chi connectivity index (χ1) is 12.5. The first-order valence-electron chi connectivity index (χ1n) is 8.75. The quantitative estimate of drug-likeness (QED) is 0.676. The fourth-order valence-electron chi connectivity index (χ4n) is 3.91. The molecule has 2 heterocycles. The Morgan fingerprint density at radius 1 is 1.23 bits per heavy atom. The molecule has 0 amide bonds. The van der Waals surface area contributed by atoms with Gasteiger partial charge >= 0.3 is 5.97 Å². The van der Waals surface area contributed by atoms with Crippen molar-refractivity contribution in [3.63, 3.8) is 0 Å². The maximum atomic E-state index is 12.2. The topological polar surface area (TPSA) is 87.1 Å². The fourth-order valence-corrected chi connectivity index (χ4v) is 3.91. The lowest BCUT2D eigenvalue weighted by Gasteiger charge is -2.11. The van der Waals surface area contributed by atoms with E-state index in [1.54, 1.807) is 0 Å². The summed E-state index contributed by atoms with van der Waals surface area (Å²) in [4.78, 5) is 26.3. The molecule has 0 radical (unpaired) electrons. The number of aromatic amines is 1. The van der Waals surface area contributed by atoms with E-state index >= 15 is 0 Å². The Bertz CT molecular complexity index is 1090. The van der Waals surface area contributed by atoms with Crippen LogP contribution in [0.3, 0.4) is 0 Å². The molecule has 3 aromatic rings. The van der Waals surface area contributed by atoms with Gasteiger partial charge in [-0.2, -0.15) is 0 Å². The first-order valence-corrected chi connectivity index (χ1v) is 8.75. The summed E-state index contributed by atoms with van der Waals surface area (Å²) in [5.41, 5.74) is 5.46. The van der Waals surface area contributed by atoms with Crippen molar-refractivity contribution in [3.8, 4) is 11.3 Å². The number of benzene rings is 1. The highest BCUT2D eigenvalue weighted by Crippen LogP contribution is 2.34. The van der Waals surface area contributed by atoms with E-state index in [0.717, 1.165) is 48.0 Å². The molecule has 0 spiro atoms. The molecule has 0 unspecified atom stereocenters. The number of fused-ring (bicyclic) bond motifs is 4. The second-order valence-electron chi connectivity index (χ2n) is 6.86. The fraction of sp³-hybridized carbons (Fsp3) is 0.300. The van der Waals surface area contributed by atoms with Crippen LogP contribution >= 0.6 is 0 Å². The molecule has 0 saturated heterocycles. The van der Waals surface area contributed by atoms with Gasteiger partial charge in [-0.3, -0.25) is 4.79 Å². The highest BCUT2D eigenvalue weighted by Gasteiger charge is 2.21. The summed E-state index contributed by atoms with van der Waals surface area (Å²) in [6, 6.07) is 8.00. The summed E-state index contributed by atoms with van der Waals surface area (Å²) in [5.74, 6) is -1.19. The normalized spacial score (nSPS) is 13.3. The van der Waals surface area contributed by atoms with Crippen molar-refractivity contribution in [3.05, 3.63) is 57.0 Å². The minimum Gasteiger partial charge on any atom is -0.477 e. The van der Waals surface area contributed by atoms with E-state index in [-0.39, 0.29) is 5.56 Å². The van der Waals surface area contributed by atoms with Crippen LogP contribution in [0.15, 0.2) is 29.1 Å². The van der Waals surface area contributed by atoms with Gasteiger partial charge in [-0.1, -0.05) is 0 Å². The molecule has 0 saturated carbocycles. The third-order valence-corrected chi connectivity index (χ3v) is 5.24. The van der Waals surface area contributed by atoms with Crippen molar-refractivity contribution in [1.82, 2.24) is 14.9 Å². The summed E-state index contributed by atoms with van der Waals surface area (Å²) < 4.78 is 2.19. The van der Waals surface area contributed by atoms with Gasteiger partial charge in [0.2, 0.25) is 0 Å². The molecule has 0 bridgehead atoms. The number of hydrogen-bond donors (Lipinski definition) is 3. The largest absolute Gasteiger partial charge is 0.477 e. The standard InChI is InChI=1S/C20H21N3O3/c1-21-10-14-6-13-8-15-11(9-17(13)23(14)2)4-3-5-12-7-16(20(25)26)19(24)22-18(12)15/h6-9,21H,3-5,10H2,1-2H3,(H,22,24)(H,25,26). The van der Waals surface area contributed by atoms with Crippen molar-refractivity contribution in [2.24, 2.45) is 7.05 Å². The minimum atomic E-state index is -1.19.